The van der Waals surface area contributed by atoms with E-state index in [2.05, 4.69) is 5.16 Å². The molecule has 2 aromatic rings. The number of ether oxygens (including phenoxy) is 3. The summed E-state index contributed by atoms with van der Waals surface area (Å²) in [6, 6.07) is 5.38. The largest absolute Gasteiger partial charge is 0.493 e. The van der Waals surface area contributed by atoms with Gasteiger partial charge in [-0.2, -0.15) is 0 Å². The van der Waals surface area contributed by atoms with Crippen LogP contribution in [0.15, 0.2) is 22.7 Å². The molecule has 0 aliphatic rings. The Hall–Kier alpha value is -2.21. The first kappa shape index (κ1) is 13.2. The fourth-order valence-electron chi connectivity index (χ4n) is 1.87. The Kier molecular flexibility index (Phi) is 3.91. The summed E-state index contributed by atoms with van der Waals surface area (Å²) in [5.41, 5.74) is 7.23. The standard InChI is InChI=1S/C13H16N2O4/c1-16-7-8-4-9(10-6-12(14)15-19-10)13(18-3)11(5-8)17-2/h4-6H,7H2,1-3H3,(H2,14,15). The van der Waals surface area contributed by atoms with Gasteiger partial charge in [-0.3, -0.25) is 0 Å². The van der Waals surface area contributed by atoms with Crippen molar-refractivity contribution < 1.29 is 18.7 Å². The second-order valence-electron chi connectivity index (χ2n) is 3.93. The van der Waals surface area contributed by atoms with Crippen molar-refractivity contribution in [2.45, 2.75) is 6.61 Å². The number of anilines is 1. The molecule has 1 heterocycles. The molecule has 19 heavy (non-hydrogen) atoms. The SMILES string of the molecule is COCc1cc(OC)c(OC)c(-c2cc(N)no2)c1. The second kappa shape index (κ2) is 5.62. The van der Waals surface area contributed by atoms with Crippen molar-refractivity contribution in [2.24, 2.45) is 0 Å². The van der Waals surface area contributed by atoms with E-state index in [1.165, 1.54) is 0 Å². The molecule has 102 valence electrons. The van der Waals surface area contributed by atoms with Crippen LogP contribution in [0, 0.1) is 0 Å². The molecule has 0 unspecified atom stereocenters. The Morgan fingerprint density at radius 2 is 1.95 bits per heavy atom. The molecule has 1 aromatic heterocycles. The highest BCUT2D eigenvalue weighted by Gasteiger charge is 2.17. The van der Waals surface area contributed by atoms with E-state index >= 15 is 0 Å². The summed E-state index contributed by atoms with van der Waals surface area (Å²) in [5, 5.41) is 3.67. The number of aromatic nitrogens is 1. The van der Waals surface area contributed by atoms with E-state index in [1.54, 1.807) is 27.4 Å². The third kappa shape index (κ3) is 2.63. The van der Waals surface area contributed by atoms with E-state index < -0.39 is 0 Å². The van der Waals surface area contributed by atoms with Crippen LogP contribution in [0.5, 0.6) is 11.5 Å². The lowest BCUT2D eigenvalue weighted by Crippen LogP contribution is -1.96. The topological polar surface area (TPSA) is 79.7 Å². The summed E-state index contributed by atoms with van der Waals surface area (Å²) >= 11 is 0. The van der Waals surface area contributed by atoms with Crippen molar-refractivity contribution in [1.29, 1.82) is 0 Å². The van der Waals surface area contributed by atoms with Gasteiger partial charge in [0.15, 0.2) is 23.1 Å². The highest BCUT2D eigenvalue weighted by molar-refractivity contribution is 5.72. The Morgan fingerprint density at radius 3 is 2.47 bits per heavy atom. The van der Waals surface area contributed by atoms with Crippen LogP contribution in [0.25, 0.3) is 11.3 Å². The summed E-state index contributed by atoms with van der Waals surface area (Å²) in [4.78, 5) is 0. The highest BCUT2D eigenvalue weighted by Crippen LogP contribution is 2.39. The fourth-order valence-corrected chi connectivity index (χ4v) is 1.87. The van der Waals surface area contributed by atoms with Crippen molar-refractivity contribution >= 4 is 5.82 Å². The normalized spacial score (nSPS) is 10.5. The molecule has 0 aliphatic carbocycles. The molecule has 0 amide bonds. The van der Waals surface area contributed by atoms with Crippen LogP contribution in [0.2, 0.25) is 0 Å². The summed E-state index contributed by atoms with van der Waals surface area (Å²) < 4.78 is 21.0. The third-order valence-electron chi connectivity index (χ3n) is 2.64. The smallest absolute Gasteiger partial charge is 0.172 e. The van der Waals surface area contributed by atoms with Crippen molar-refractivity contribution in [3.05, 3.63) is 23.8 Å². The van der Waals surface area contributed by atoms with Gasteiger partial charge < -0.3 is 24.5 Å². The molecule has 0 bridgehead atoms. The molecular formula is C13H16N2O4. The van der Waals surface area contributed by atoms with Gasteiger partial charge in [-0.05, 0) is 17.7 Å². The lowest BCUT2D eigenvalue weighted by molar-refractivity contribution is 0.184. The molecule has 0 aliphatic heterocycles. The first-order valence-corrected chi connectivity index (χ1v) is 5.66. The summed E-state index contributed by atoms with van der Waals surface area (Å²) in [5.74, 6) is 2.00. The number of nitrogens with two attached hydrogens (primary N) is 1. The van der Waals surface area contributed by atoms with Crippen LogP contribution < -0.4 is 15.2 Å². The number of nitrogens with zero attached hydrogens (tertiary/aromatic N) is 1. The summed E-state index contributed by atoms with van der Waals surface area (Å²) in [6.45, 7) is 0.455. The number of methoxy groups -OCH3 is 3. The Balaban J connectivity index is 2.58. The van der Waals surface area contributed by atoms with Crippen molar-refractivity contribution in [3.8, 4) is 22.8 Å². The predicted octanol–water partition coefficient (Wildman–Crippen LogP) is 2.09. The number of rotatable bonds is 5. The molecule has 0 fully saturated rings. The Morgan fingerprint density at radius 1 is 1.16 bits per heavy atom. The number of hydrogen-bond acceptors (Lipinski definition) is 6. The summed E-state index contributed by atoms with van der Waals surface area (Å²) in [7, 11) is 4.77. The number of hydrogen-bond donors (Lipinski definition) is 1. The number of nitrogen functional groups attached to an aromatic ring is 1. The monoisotopic (exact) mass is 264 g/mol. The van der Waals surface area contributed by atoms with Gasteiger partial charge in [0.25, 0.3) is 0 Å². The van der Waals surface area contributed by atoms with Crippen LogP contribution in [-0.4, -0.2) is 26.5 Å². The van der Waals surface area contributed by atoms with Gasteiger partial charge in [0.1, 0.15) is 0 Å². The van der Waals surface area contributed by atoms with Gasteiger partial charge in [0, 0.05) is 13.2 Å². The van der Waals surface area contributed by atoms with Gasteiger partial charge >= 0.3 is 0 Å². The minimum absolute atomic E-state index is 0.313. The molecule has 2 N–H and O–H groups in total. The fraction of sp³-hybridized carbons (Fsp3) is 0.308. The molecule has 0 saturated carbocycles. The van der Waals surface area contributed by atoms with Crippen LogP contribution in [0.4, 0.5) is 5.82 Å². The molecule has 0 radical (unpaired) electrons. The van der Waals surface area contributed by atoms with Gasteiger partial charge in [0.2, 0.25) is 0 Å². The van der Waals surface area contributed by atoms with Crippen LogP contribution in [-0.2, 0) is 11.3 Å². The van der Waals surface area contributed by atoms with Gasteiger partial charge in [0.05, 0.1) is 26.4 Å². The maximum atomic E-state index is 5.57. The minimum atomic E-state index is 0.313. The van der Waals surface area contributed by atoms with Gasteiger partial charge in [-0.1, -0.05) is 5.16 Å². The molecule has 6 heteroatoms. The van der Waals surface area contributed by atoms with Crippen LogP contribution >= 0.6 is 0 Å². The van der Waals surface area contributed by atoms with Crippen molar-refractivity contribution in [1.82, 2.24) is 5.16 Å². The second-order valence-corrected chi connectivity index (χ2v) is 3.93. The molecular weight excluding hydrogens is 248 g/mol. The van der Waals surface area contributed by atoms with Crippen molar-refractivity contribution in [3.63, 3.8) is 0 Å². The summed E-state index contributed by atoms with van der Waals surface area (Å²) in [6.07, 6.45) is 0. The van der Waals surface area contributed by atoms with E-state index in [9.17, 15) is 0 Å². The lowest BCUT2D eigenvalue weighted by atomic mass is 10.1. The van der Waals surface area contributed by atoms with Gasteiger partial charge in [-0.15, -0.1) is 0 Å². The highest BCUT2D eigenvalue weighted by atomic mass is 16.5. The quantitative estimate of drug-likeness (QED) is 0.890. The molecule has 0 saturated heterocycles. The molecule has 1 aromatic carbocycles. The van der Waals surface area contributed by atoms with E-state index in [4.69, 9.17) is 24.5 Å². The molecule has 0 spiro atoms. The molecule has 2 rings (SSSR count). The maximum absolute atomic E-state index is 5.57. The lowest BCUT2D eigenvalue weighted by Gasteiger charge is -2.13. The zero-order chi connectivity index (χ0) is 13.8. The minimum Gasteiger partial charge on any atom is -0.493 e. The first-order valence-electron chi connectivity index (χ1n) is 5.66. The third-order valence-corrected chi connectivity index (χ3v) is 2.64. The Labute approximate surface area is 111 Å². The molecule has 6 nitrogen and oxygen atoms in total. The average Bonchev–Trinajstić information content (AvgIpc) is 2.84. The zero-order valence-electron chi connectivity index (χ0n) is 11.1. The molecule has 0 atom stereocenters. The maximum Gasteiger partial charge on any atom is 0.172 e. The first-order chi connectivity index (χ1) is 9.19. The Bertz CT molecular complexity index is 566. The van der Waals surface area contributed by atoms with Crippen LogP contribution in [0.3, 0.4) is 0 Å². The zero-order valence-corrected chi connectivity index (χ0v) is 11.1. The van der Waals surface area contributed by atoms with Crippen LogP contribution in [0.1, 0.15) is 5.56 Å². The van der Waals surface area contributed by atoms with Gasteiger partial charge in [-0.25, -0.2) is 0 Å². The average molecular weight is 264 g/mol. The van der Waals surface area contributed by atoms with E-state index in [0.717, 1.165) is 11.1 Å². The number of benzene rings is 1. The van der Waals surface area contributed by atoms with Crippen molar-refractivity contribution in [2.75, 3.05) is 27.1 Å². The van der Waals surface area contributed by atoms with E-state index in [0.29, 0.717) is 29.7 Å². The van der Waals surface area contributed by atoms with E-state index in [-0.39, 0.29) is 0 Å². The predicted molar refractivity (Wildman–Crippen MR) is 70.2 cm³/mol. The van der Waals surface area contributed by atoms with E-state index in [1.807, 2.05) is 12.1 Å².